The molecule has 3 atom stereocenters. The first-order valence-electron chi connectivity index (χ1n) is 6.47. The third-order valence-corrected chi connectivity index (χ3v) is 4.21. The summed E-state index contributed by atoms with van der Waals surface area (Å²) in [7, 11) is 0. The quantitative estimate of drug-likeness (QED) is 0.757. The van der Waals surface area contributed by atoms with Gasteiger partial charge in [0, 0.05) is 18.6 Å². The lowest BCUT2D eigenvalue weighted by atomic mass is 9.61. The van der Waals surface area contributed by atoms with Crippen LogP contribution >= 0.6 is 0 Å². The zero-order chi connectivity index (χ0) is 12.2. The Morgan fingerprint density at radius 2 is 2.25 bits per heavy atom. The van der Waals surface area contributed by atoms with E-state index < -0.39 is 5.60 Å². The number of hydrogen-bond acceptors (Lipinski definition) is 3. The minimum Gasteiger partial charge on any atom is -0.387 e. The average molecular weight is 229 g/mol. The Hall–Kier alpha value is -0.120. The van der Waals surface area contributed by atoms with Crippen molar-refractivity contribution in [3.8, 4) is 0 Å². The van der Waals surface area contributed by atoms with E-state index in [2.05, 4.69) is 6.92 Å². The molecule has 3 heteroatoms. The summed E-state index contributed by atoms with van der Waals surface area (Å²) in [6.07, 6.45) is 4.46. The van der Waals surface area contributed by atoms with Gasteiger partial charge in [0.25, 0.3) is 0 Å². The molecule has 96 valence electrons. The molecule has 0 heterocycles. The number of aliphatic hydroxyl groups is 1. The van der Waals surface area contributed by atoms with E-state index in [1.807, 2.05) is 13.8 Å². The van der Waals surface area contributed by atoms with Gasteiger partial charge in [-0.05, 0) is 32.6 Å². The van der Waals surface area contributed by atoms with Gasteiger partial charge in [-0.1, -0.05) is 19.8 Å². The third kappa shape index (κ3) is 2.76. The lowest BCUT2D eigenvalue weighted by Gasteiger charge is -2.49. The molecule has 0 spiro atoms. The number of nitrogens with two attached hydrogens (primary N) is 1. The first-order chi connectivity index (χ1) is 7.47. The number of hydrogen-bond donors (Lipinski definition) is 2. The second kappa shape index (κ2) is 5.48. The largest absolute Gasteiger partial charge is 0.387 e. The molecule has 3 N–H and O–H groups in total. The van der Waals surface area contributed by atoms with Gasteiger partial charge in [0.15, 0.2) is 0 Å². The molecule has 3 nitrogen and oxygen atoms in total. The Balaban J connectivity index is 2.76. The predicted octanol–water partition coefficient (Wildman–Crippen LogP) is 1.93. The molecule has 1 aliphatic rings. The van der Waals surface area contributed by atoms with Crippen LogP contribution in [0.5, 0.6) is 0 Å². The van der Waals surface area contributed by atoms with Gasteiger partial charge in [-0.15, -0.1) is 0 Å². The first-order valence-corrected chi connectivity index (χ1v) is 6.47. The van der Waals surface area contributed by atoms with Crippen LogP contribution in [0.1, 0.15) is 46.5 Å². The maximum absolute atomic E-state index is 10.6. The summed E-state index contributed by atoms with van der Waals surface area (Å²) < 4.78 is 5.41. The highest BCUT2D eigenvalue weighted by atomic mass is 16.5. The van der Waals surface area contributed by atoms with Crippen molar-refractivity contribution in [2.45, 2.75) is 52.1 Å². The SMILES string of the molecule is CCOCC(C)(O)C1(CN)CCCC(C)C1. The highest BCUT2D eigenvalue weighted by Gasteiger charge is 2.48. The summed E-state index contributed by atoms with van der Waals surface area (Å²) >= 11 is 0. The van der Waals surface area contributed by atoms with Gasteiger partial charge in [0.05, 0.1) is 12.2 Å². The molecule has 1 fully saturated rings. The van der Waals surface area contributed by atoms with E-state index in [1.54, 1.807) is 0 Å². The van der Waals surface area contributed by atoms with Crippen molar-refractivity contribution < 1.29 is 9.84 Å². The Labute approximate surface area is 99.4 Å². The molecule has 0 aromatic rings. The predicted molar refractivity (Wildman–Crippen MR) is 66.2 cm³/mol. The van der Waals surface area contributed by atoms with Gasteiger partial charge < -0.3 is 15.6 Å². The van der Waals surface area contributed by atoms with Crippen molar-refractivity contribution in [1.29, 1.82) is 0 Å². The van der Waals surface area contributed by atoms with Crippen molar-refractivity contribution in [3.63, 3.8) is 0 Å². The summed E-state index contributed by atoms with van der Waals surface area (Å²) in [5, 5.41) is 10.6. The fourth-order valence-corrected chi connectivity index (χ4v) is 3.01. The first kappa shape index (κ1) is 13.9. The van der Waals surface area contributed by atoms with Crippen LogP contribution in [0.2, 0.25) is 0 Å². The lowest BCUT2D eigenvalue weighted by molar-refractivity contribution is -0.135. The molecule has 0 aromatic carbocycles. The second-order valence-corrected chi connectivity index (χ2v) is 5.60. The fraction of sp³-hybridized carbons (Fsp3) is 1.00. The summed E-state index contributed by atoms with van der Waals surface area (Å²) in [5.41, 5.74) is 4.99. The summed E-state index contributed by atoms with van der Waals surface area (Å²) in [6.45, 7) is 7.68. The van der Waals surface area contributed by atoms with Crippen LogP contribution in [0.25, 0.3) is 0 Å². The molecule has 1 saturated carbocycles. The van der Waals surface area contributed by atoms with E-state index in [1.165, 1.54) is 12.8 Å². The van der Waals surface area contributed by atoms with Crippen LogP contribution in [0.3, 0.4) is 0 Å². The van der Waals surface area contributed by atoms with E-state index in [9.17, 15) is 5.11 Å². The molecule has 0 saturated heterocycles. The Kier molecular flexibility index (Phi) is 4.77. The van der Waals surface area contributed by atoms with Gasteiger partial charge in [-0.3, -0.25) is 0 Å². The van der Waals surface area contributed by atoms with E-state index in [4.69, 9.17) is 10.5 Å². The van der Waals surface area contributed by atoms with Crippen molar-refractivity contribution in [1.82, 2.24) is 0 Å². The summed E-state index contributed by atoms with van der Waals surface area (Å²) in [6, 6.07) is 0. The van der Waals surface area contributed by atoms with Crippen molar-refractivity contribution in [2.75, 3.05) is 19.8 Å². The zero-order valence-corrected chi connectivity index (χ0v) is 11.0. The van der Waals surface area contributed by atoms with Crippen molar-refractivity contribution >= 4 is 0 Å². The van der Waals surface area contributed by atoms with E-state index in [0.29, 0.717) is 25.7 Å². The monoisotopic (exact) mass is 229 g/mol. The highest BCUT2D eigenvalue weighted by molar-refractivity contribution is 4.99. The summed E-state index contributed by atoms with van der Waals surface area (Å²) in [4.78, 5) is 0. The molecule has 16 heavy (non-hydrogen) atoms. The van der Waals surface area contributed by atoms with Gasteiger partial charge in [0.2, 0.25) is 0 Å². The van der Waals surface area contributed by atoms with Crippen LogP contribution in [0, 0.1) is 11.3 Å². The number of ether oxygens (including phenoxy) is 1. The van der Waals surface area contributed by atoms with Crippen molar-refractivity contribution in [2.24, 2.45) is 17.1 Å². The van der Waals surface area contributed by atoms with Crippen LogP contribution < -0.4 is 5.73 Å². The van der Waals surface area contributed by atoms with Crippen LogP contribution in [0.15, 0.2) is 0 Å². The minimum absolute atomic E-state index is 0.153. The zero-order valence-electron chi connectivity index (χ0n) is 11.0. The molecule has 3 unspecified atom stereocenters. The van der Waals surface area contributed by atoms with Gasteiger partial charge >= 0.3 is 0 Å². The van der Waals surface area contributed by atoms with Crippen molar-refractivity contribution in [3.05, 3.63) is 0 Å². The van der Waals surface area contributed by atoms with Crippen LogP contribution in [-0.2, 0) is 4.74 Å². The molecule has 0 aliphatic heterocycles. The normalized spacial score (nSPS) is 34.7. The average Bonchev–Trinajstić information content (AvgIpc) is 2.26. The molecule has 0 amide bonds. The second-order valence-electron chi connectivity index (χ2n) is 5.60. The van der Waals surface area contributed by atoms with Gasteiger partial charge in [-0.25, -0.2) is 0 Å². The Bertz CT molecular complexity index is 218. The smallest absolute Gasteiger partial charge is 0.0920 e. The fourth-order valence-electron chi connectivity index (χ4n) is 3.01. The molecular formula is C13H27NO2. The molecule has 0 aromatic heterocycles. The maximum atomic E-state index is 10.6. The van der Waals surface area contributed by atoms with E-state index >= 15 is 0 Å². The Morgan fingerprint density at radius 3 is 2.75 bits per heavy atom. The molecule has 1 rings (SSSR count). The molecule has 0 radical (unpaired) electrons. The minimum atomic E-state index is -0.799. The topological polar surface area (TPSA) is 55.5 Å². The maximum Gasteiger partial charge on any atom is 0.0920 e. The molecular weight excluding hydrogens is 202 g/mol. The van der Waals surface area contributed by atoms with Gasteiger partial charge in [0.1, 0.15) is 0 Å². The van der Waals surface area contributed by atoms with Crippen LogP contribution in [-0.4, -0.2) is 30.5 Å². The molecule has 0 bridgehead atoms. The lowest BCUT2D eigenvalue weighted by Crippen LogP contribution is -2.55. The van der Waals surface area contributed by atoms with Crippen LogP contribution in [0.4, 0.5) is 0 Å². The molecule has 1 aliphatic carbocycles. The van der Waals surface area contributed by atoms with E-state index in [-0.39, 0.29) is 5.41 Å². The van der Waals surface area contributed by atoms with E-state index in [0.717, 1.165) is 12.8 Å². The van der Waals surface area contributed by atoms with Gasteiger partial charge in [-0.2, -0.15) is 0 Å². The Morgan fingerprint density at radius 1 is 1.56 bits per heavy atom. The highest BCUT2D eigenvalue weighted by Crippen LogP contribution is 2.46. The third-order valence-electron chi connectivity index (χ3n) is 4.21. The summed E-state index contributed by atoms with van der Waals surface area (Å²) in [5.74, 6) is 0.658. The number of rotatable bonds is 5. The standard InChI is InChI=1S/C13H27NO2/c1-4-16-10-12(3,15)13(9-14)7-5-6-11(2)8-13/h11,15H,4-10,14H2,1-3H3.